The predicted octanol–water partition coefficient (Wildman–Crippen LogP) is 4.12. The van der Waals surface area contributed by atoms with Crippen LogP contribution < -0.4 is 4.74 Å². The first-order chi connectivity index (χ1) is 15.9. The van der Waals surface area contributed by atoms with Gasteiger partial charge < -0.3 is 9.64 Å². The Hall–Kier alpha value is -3.64. The van der Waals surface area contributed by atoms with Crippen molar-refractivity contribution in [1.82, 2.24) is 29.9 Å². The number of likely N-dealkylation sites (N-methyl/N-ethyl adjacent to an activating group) is 1. The van der Waals surface area contributed by atoms with Crippen molar-refractivity contribution in [3.05, 3.63) is 59.8 Å². The summed E-state index contributed by atoms with van der Waals surface area (Å²) in [5, 5.41) is 7.71. The van der Waals surface area contributed by atoms with Gasteiger partial charge in [0.2, 0.25) is 5.88 Å². The molecule has 13 heteroatoms. The van der Waals surface area contributed by atoms with Crippen LogP contribution >= 0.6 is 0 Å². The fraction of sp³-hybridized carbons (Fsp3) is 0.381. The molecule has 0 saturated carbocycles. The maximum atomic E-state index is 13.3. The molecule has 1 aromatic carbocycles. The van der Waals surface area contributed by atoms with E-state index in [1.807, 2.05) is 0 Å². The normalized spacial score (nSPS) is 12.9. The predicted molar refractivity (Wildman–Crippen MR) is 110 cm³/mol. The largest absolute Gasteiger partial charge is 0.474 e. The summed E-state index contributed by atoms with van der Waals surface area (Å²) in [7, 11) is 0. The molecule has 0 aliphatic rings. The Kier molecular flexibility index (Phi) is 7.12. The van der Waals surface area contributed by atoms with Gasteiger partial charge in [-0.2, -0.15) is 36.9 Å². The summed E-state index contributed by atoms with van der Waals surface area (Å²) in [5.41, 5.74) is -1.62. The summed E-state index contributed by atoms with van der Waals surface area (Å²) in [6, 6.07) is 2.15. The van der Waals surface area contributed by atoms with Crippen molar-refractivity contribution in [1.29, 1.82) is 0 Å². The lowest BCUT2D eigenvalue weighted by Gasteiger charge is -2.28. The maximum Gasteiger partial charge on any atom is 0.416 e. The van der Waals surface area contributed by atoms with E-state index in [4.69, 9.17) is 4.74 Å². The van der Waals surface area contributed by atoms with Crippen LogP contribution in [0.5, 0.6) is 5.88 Å². The van der Waals surface area contributed by atoms with Crippen molar-refractivity contribution in [2.24, 2.45) is 0 Å². The van der Waals surface area contributed by atoms with E-state index in [1.54, 1.807) is 13.8 Å². The van der Waals surface area contributed by atoms with Crippen molar-refractivity contribution >= 4 is 5.91 Å². The van der Waals surface area contributed by atoms with Crippen LogP contribution in [0.2, 0.25) is 0 Å². The number of hydrogen-bond acceptors (Lipinski definition) is 6. The van der Waals surface area contributed by atoms with Gasteiger partial charge in [0, 0.05) is 13.5 Å². The number of ether oxygens (including phenoxy) is 1. The van der Waals surface area contributed by atoms with Crippen molar-refractivity contribution in [3.63, 3.8) is 0 Å². The molecule has 2 aromatic heterocycles. The molecule has 0 aliphatic heterocycles. The van der Waals surface area contributed by atoms with E-state index in [0.717, 1.165) is 35.4 Å². The second kappa shape index (κ2) is 9.69. The van der Waals surface area contributed by atoms with Gasteiger partial charge >= 0.3 is 6.18 Å². The molecule has 3 aromatic rings. The third kappa shape index (κ3) is 5.64. The molecule has 182 valence electrons. The van der Waals surface area contributed by atoms with Gasteiger partial charge in [0.1, 0.15) is 12.3 Å². The van der Waals surface area contributed by atoms with E-state index in [-0.39, 0.29) is 30.3 Å². The van der Waals surface area contributed by atoms with Gasteiger partial charge in [-0.3, -0.25) is 4.79 Å². The number of amides is 1. The number of benzene rings is 1. The molecule has 1 amide bonds. The van der Waals surface area contributed by atoms with Crippen molar-refractivity contribution in [2.75, 3.05) is 13.2 Å². The number of aromatic nitrogens is 5. The highest BCUT2D eigenvalue weighted by atomic mass is 19.4. The van der Waals surface area contributed by atoms with Crippen LogP contribution in [0.4, 0.5) is 22.0 Å². The molecule has 1 atom stereocenters. The lowest BCUT2D eigenvalue weighted by atomic mass is 10.1. The molecule has 34 heavy (non-hydrogen) atoms. The van der Waals surface area contributed by atoms with Gasteiger partial charge in [-0.1, -0.05) is 0 Å². The number of alkyl halides is 5. The Morgan fingerprint density at radius 3 is 2.32 bits per heavy atom. The lowest BCUT2D eigenvalue weighted by molar-refractivity contribution is -0.137. The van der Waals surface area contributed by atoms with E-state index in [0.29, 0.717) is 6.92 Å². The fourth-order valence-electron chi connectivity index (χ4n) is 3.12. The molecule has 0 bridgehead atoms. The van der Waals surface area contributed by atoms with Gasteiger partial charge in [-0.25, -0.2) is 9.97 Å². The average Bonchev–Trinajstić information content (AvgIpc) is 3.31. The van der Waals surface area contributed by atoms with Crippen LogP contribution in [0.25, 0.3) is 5.69 Å². The first-order valence-corrected chi connectivity index (χ1v) is 10.1. The second-order valence-corrected chi connectivity index (χ2v) is 7.43. The quantitative estimate of drug-likeness (QED) is 0.447. The minimum atomic E-state index is -4.62. The van der Waals surface area contributed by atoms with Gasteiger partial charge in [0.05, 0.1) is 47.6 Å². The first-order valence-electron chi connectivity index (χ1n) is 10.1. The lowest BCUT2D eigenvalue weighted by Crippen LogP contribution is -2.42. The summed E-state index contributed by atoms with van der Waals surface area (Å²) in [4.78, 5) is 23.0. The molecule has 0 saturated heterocycles. The molecular formula is C21H21F5N6O2. The summed E-state index contributed by atoms with van der Waals surface area (Å²) in [6.45, 7) is 4.20. The van der Waals surface area contributed by atoms with Gasteiger partial charge in [0.15, 0.2) is 0 Å². The smallest absolute Gasteiger partial charge is 0.416 e. The average molecular weight is 484 g/mol. The monoisotopic (exact) mass is 484 g/mol. The topological polar surface area (TPSA) is 86.0 Å². The Labute approximate surface area is 191 Å². The Bertz CT molecular complexity index is 1110. The van der Waals surface area contributed by atoms with Crippen molar-refractivity contribution in [2.45, 2.75) is 38.9 Å². The molecule has 3 rings (SSSR count). The van der Waals surface area contributed by atoms with Crippen LogP contribution in [0.15, 0.2) is 43.0 Å². The third-order valence-corrected chi connectivity index (χ3v) is 4.87. The summed E-state index contributed by atoms with van der Waals surface area (Å²) in [5.74, 6) is -3.72. The van der Waals surface area contributed by atoms with Crippen molar-refractivity contribution < 1.29 is 31.5 Å². The van der Waals surface area contributed by atoms with Crippen LogP contribution in [0, 0.1) is 0 Å². The van der Waals surface area contributed by atoms with Crippen LogP contribution in [-0.4, -0.2) is 55.0 Å². The number of carbonyl (C=O) groups excluding carboxylic acids is 1. The third-order valence-electron chi connectivity index (χ3n) is 4.87. The second-order valence-electron chi connectivity index (χ2n) is 7.43. The van der Waals surface area contributed by atoms with Crippen LogP contribution in [-0.2, 0) is 12.1 Å². The van der Waals surface area contributed by atoms with E-state index in [2.05, 4.69) is 20.2 Å². The SMILES string of the molecule is CCN(C(=O)c1ccc(C(F)(F)F)cc1-n1nccn1)[C@@H](C)COc1cnc(C(C)(F)F)cn1. The van der Waals surface area contributed by atoms with Gasteiger partial charge in [-0.15, -0.1) is 0 Å². The minimum absolute atomic E-state index is 0.0145. The highest BCUT2D eigenvalue weighted by molar-refractivity contribution is 5.98. The Balaban J connectivity index is 1.80. The number of halogens is 5. The highest BCUT2D eigenvalue weighted by Gasteiger charge is 2.33. The molecule has 0 unspecified atom stereocenters. The van der Waals surface area contributed by atoms with E-state index in [1.165, 1.54) is 17.3 Å². The fourth-order valence-corrected chi connectivity index (χ4v) is 3.12. The summed E-state index contributed by atoms with van der Waals surface area (Å²) < 4.78 is 71.7. The van der Waals surface area contributed by atoms with Crippen molar-refractivity contribution in [3.8, 4) is 11.6 Å². The molecule has 0 spiro atoms. The standard InChI is InChI=1S/C21H21F5N6O2/c1-4-31(13(2)12-34-18-11-27-17(10-28-18)20(3,22)23)19(33)15-6-5-14(21(24,25)26)9-16(15)32-29-7-8-30-32/h5-11,13H,4,12H2,1-3H3/t13-/m0/s1. The van der Waals surface area contributed by atoms with Gasteiger partial charge in [-0.05, 0) is 32.0 Å². The molecule has 2 heterocycles. The molecule has 0 aliphatic carbocycles. The minimum Gasteiger partial charge on any atom is -0.474 e. The first kappa shape index (κ1) is 25.0. The Morgan fingerprint density at radius 2 is 1.79 bits per heavy atom. The van der Waals surface area contributed by atoms with Crippen LogP contribution in [0.1, 0.15) is 42.4 Å². The highest BCUT2D eigenvalue weighted by Crippen LogP contribution is 2.32. The van der Waals surface area contributed by atoms with Gasteiger partial charge in [0.25, 0.3) is 11.8 Å². The summed E-state index contributed by atoms with van der Waals surface area (Å²) in [6.07, 6.45) is -0.108. The number of hydrogen-bond donors (Lipinski definition) is 0. The Morgan fingerprint density at radius 1 is 1.12 bits per heavy atom. The number of rotatable bonds is 8. The maximum absolute atomic E-state index is 13.3. The zero-order valence-corrected chi connectivity index (χ0v) is 18.4. The number of nitrogens with zero attached hydrogens (tertiary/aromatic N) is 6. The molecular weight excluding hydrogens is 463 g/mol. The molecule has 0 radical (unpaired) electrons. The van der Waals surface area contributed by atoms with E-state index in [9.17, 15) is 26.7 Å². The molecule has 8 nitrogen and oxygen atoms in total. The molecule has 0 N–H and O–H groups in total. The van der Waals surface area contributed by atoms with E-state index < -0.39 is 35.3 Å². The zero-order chi connectivity index (χ0) is 25.1. The van der Waals surface area contributed by atoms with E-state index >= 15 is 0 Å². The van der Waals surface area contributed by atoms with Crippen LogP contribution in [0.3, 0.4) is 0 Å². The number of carbonyl (C=O) groups is 1. The summed E-state index contributed by atoms with van der Waals surface area (Å²) >= 11 is 0. The zero-order valence-electron chi connectivity index (χ0n) is 18.4. The molecule has 0 fully saturated rings.